The summed E-state index contributed by atoms with van der Waals surface area (Å²) in [5, 5.41) is 10.8. The highest BCUT2D eigenvalue weighted by atomic mass is 16.4. The number of rotatable bonds is 3. The minimum Gasteiger partial charge on any atom is -0.408 e. The van der Waals surface area contributed by atoms with Gasteiger partial charge in [0.25, 0.3) is 5.91 Å². The maximum Gasteiger partial charge on any atom is 0.419 e. The molecule has 0 saturated carbocycles. The van der Waals surface area contributed by atoms with E-state index in [-0.39, 0.29) is 5.91 Å². The van der Waals surface area contributed by atoms with E-state index in [4.69, 9.17) is 4.42 Å². The normalized spacial score (nSPS) is 24.5. The topological polar surface area (TPSA) is 78.9 Å². The van der Waals surface area contributed by atoms with Gasteiger partial charge in [-0.05, 0) is 50.6 Å². The van der Waals surface area contributed by atoms with Gasteiger partial charge in [-0.15, -0.1) is 0 Å². The van der Waals surface area contributed by atoms with Crippen molar-refractivity contribution in [2.24, 2.45) is 7.05 Å². The van der Waals surface area contributed by atoms with Crippen molar-refractivity contribution in [2.45, 2.75) is 24.9 Å². The van der Waals surface area contributed by atoms with E-state index in [0.29, 0.717) is 42.7 Å². The van der Waals surface area contributed by atoms with E-state index in [9.17, 15) is 14.7 Å². The third-order valence-electron chi connectivity index (χ3n) is 5.37. The number of aromatic nitrogens is 1. The first kappa shape index (κ1) is 16.4. The van der Waals surface area contributed by atoms with Crippen molar-refractivity contribution < 1.29 is 14.3 Å². The van der Waals surface area contributed by atoms with Gasteiger partial charge >= 0.3 is 5.76 Å². The first-order chi connectivity index (χ1) is 12.0. The van der Waals surface area contributed by atoms with Crippen LogP contribution < -0.4 is 5.76 Å². The minimum absolute atomic E-state index is 0.118. The zero-order valence-corrected chi connectivity index (χ0v) is 14.4. The SMILES string of the molecule is Cn1c(=O)oc2ccc(C(=O)N3CC[C@@](O)(CN4CCCC4)C3)cc21. The van der Waals surface area contributed by atoms with Crippen LogP contribution in [0.3, 0.4) is 0 Å². The number of benzene rings is 1. The van der Waals surface area contributed by atoms with Gasteiger partial charge in [0.1, 0.15) is 0 Å². The van der Waals surface area contributed by atoms with Gasteiger partial charge in [0.05, 0.1) is 17.7 Å². The zero-order valence-electron chi connectivity index (χ0n) is 14.4. The van der Waals surface area contributed by atoms with E-state index in [2.05, 4.69) is 4.90 Å². The Bertz CT molecular complexity index is 865. The van der Waals surface area contributed by atoms with Crippen LogP contribution in [-0.2, 0) is 7.05 Å². The molecule has 7 nitrogen and oxygen atoms in total. The highest BCUT2D eigenvalue weighted by Gasteiger charge is 2.40. The average molecular weight is 345 g/mol. The largest absolute Gasteiger partial charge is 0.419 e. The molecule has 1 aromatic carbocycles. The smallest absolute Gasteiger partial charge is 0.408 e. The number of oxazole rings is 1. The maximum absolute atomic E-state index is 12.8. The second kappa shape index (κ2) is 6.00. The number of nitrogens with zero attached hydrogens (tertiary/aromatic N) is 3. The number of hydrogen-bond donors (Lipinski definition) is 1. The summed E-state index contributed by atoms with van der Waals surface area (Å²) in [7, 11) is 1.62. The Morgan fingerprint density at radius 2 is 2.04 bits per heavy atom. The van der Waals surface area contributed by atoms with E-state index in [1.807, 2.05) is 0 Å². The number of carbonyl (C=O) groups excluding carboxylic acids is 1. The Kier molecular flexibility index (Phi) is 3.92. The number of likely N-dealkylation sites (tertiary alicyclic amines) is 2. The Labute approximate surface area is 145 Å². The van der Waals surface area contributed by atoms with Crippen LogP contribution in [0, 0.1) is 0 Å². The van der Waals surface area contributed by atoms with E-state index in [1.54, 1.807) is 30.1 Å². The summed E-state index contributed by atoms with van der Waals surface area (Å²) >= 11 is 0. The Morgan fingerprint density at radius 3 is 2.80 bits per heavy atom. The highest BCUT2D eigenvalue weighted by Crippen LogP contribution is 2.26. The third-order valence-corrected chi connectivity index (χ3v) is 5.37. The summed E-state index contributed by atoms with van der Waals surface area (Å²) in [6, 6.07) is 5.00. The number of fused-ring (bicyclic) bond motifs is 1. The quantitative estimate of drug-likeness (QED) is 0.890. The number of amides is 1. The predicted octanol–water partition coefficient (Wildman–Crippen LogP) is 0.804. The predicted molar refractivity (Wildman–Crippen MR) is 92.6 cm³/mol. The van der Waals surface area contributed by atoms with Gasteiger partial charge in [-0.25, -0.2) is 4.79 Å². The fourth-order valence-corrected chi connectivity index (χ4v) is 3.96. The lowest BCUT2D eigenvalue weighted by Gasteiger charge is -2.28. The first-order valence-electron chi connectivity index (χ1n) is 8.79. The number of aliphatic hydroxyl groups is 1. The summed E-state index contributed by atoms with van der Waals surface area (Å²) in [5.41, 5.74) is 0.750. The molecular formula is C18H23N3O4. The molecule has 2 aromatic rings. The second-order valence-electron chi connectivity index (χ2n) is 7.29. The monoisotopic (exact) mass is 345 g/mol. The van der Waals surface area contributed by atoms with Gasteiger partial charge in [0.2, 0.25) is 0 Å². The van der Waals surface area contributed by atoms with Crippen LogP contribution in [0.1, 0.15) is 29.6 Å². The standard InChI is InChI=1S/C18H23N3O4/c1-19-14-10-13(4-5-15(14)25-17(19)23)16(22)21-9-6-18(24,12-21)11-20-7-2-3-8-20/h4-5,10,24H,2-3,6-9,11-12H2,1H3/t18-/m1/s1. The molecule has 0 aliphatic carbocycles. The van der Waals surface area contributed by atoms with Crippen LogP contribution in [0.15, 0.2) is 27.4 Å². The molecule has 3 heterocycles. The lowest BCUT2D eigenvalue weighted by molar-refractivity contribution is 0.0175. The molecule has 4 rings (SSSR count). The summed E-state index contributed by atoms with van der Waals surface area (Å²) in [4.78, 5) is 28.4. The van der Waals surface area contributed by atoms with Gasteiger partial charge in [0.15, 0.2) is 5.58 Å². The van der Waals surface area contributed by atoms with Crippen molar-refractivity contribution in [1.82, 2.24) is 14.4 Å². The number of aryl methyl sites for hydroxylation is 1. The molecule has 1 amide bonds. The molecule has 2 fully saturated rings. The fraction of sp³-hybridized carbons (Fsp3) is 0.556. The molecule has 0 spiro atoms. The second-order valence-corrected chi connectivity index (χ2v) is 7.29. The molecule has 134 valence electrons. The molecule has 25 heavy (non-hydrogen) atoms. The Hall–Kier alpha value is -2.12. The average Bonchev–Trinajstić information content (AvgIpc) is 3.29. The van der Waals surface area contributed by atoms with Gasteiger partial charge in [-0.3, -0.25) is 9.36 Å². The molecular weight excluding hydrogens is 322 g/mol. The van der Waals surface area contributed by atoms with E-state index in [1.165, 1.54) is 17.4 Å². The zero-order chi connectivity index (χ0) is 17.6. The Balaban J connectivity index is 1.51. The van der Waals surface area contributed by atoms with Gasteiger partial charge < -0.3 is 19.3 Å². The Morgan fingerprint density at radius 1 is 1.28 bits per heavy atom. The summed E-state index contributed by atoms with van der Waals surface area (Å²) in [5.74, 6) is -0.561. The van der Waals surface area contributed by atoms with Gasteiger partial charge in [0, 0.05) is 25.7 Å². The first-order valence-corrected chi connectivity index (χ1v) is 8.79. The summed E-state index contributed by atoms with van der Waals surface area (Å²) in [6.45, 7) is 3.59. The molecule has 7 heteroatoms. The fourth-order valence-electron chi connectivity index (χ4n) is 3.96. The van der Waals surface area contributed by atoms with Gasteiger partial charge in [-0.1, -0.05) is 0 Å². The molecule has 1 N–H and O–H groups in total. The maximum atomic E-state index is 12.8. The molecule has 1 atom stereocenters. The minimum atomic E-state index is -0.827. The van der Waals surface area contributed by atoms with Crippen LogP contribution in [-0.4, -0.2) is 63.7 Å². The molecule has 2 aliphatic rings. The van der Waals surface area contributed by atoms with Crippen molar-refractivity contribution in [3.8, 4) is 0 Å². The van der Waals surface area contributed by atoms with Crippen LogP contribution >= 0.6 is 0 Å². The van der Waals surface area contributed by atoms with Crippen LogP contribution in [0.2, 0.25) is 0 Å². The third kappa shape index (κ3) is 2.98. The van der Waals surface area contributed by atoms with Crippen molar-refractivity contribution in [3.05, 3.63) is 34.3 Å². The molecule has 2 saturated heterocycles. The lowest BCUT2D eigenvalue weighted by Crippen LogP contribution is -2.45. The van der Waals surface area contributed by atoms with E-state index >= 15 is 0 Å². The van der Waals surface area contributed by atoms with Crippen molar-refractivity contribution in [1.29, 1.82) is 0 Å². The highest BCUT2D eigenvalue weighted by molar-refractivity contribution is 5.97. The molecule has 2 aliphatic heterocycles. The molecule has 1 aromatic heterocycles. The van der Waals surface area contributed by atoms with Crippen molar-refractivity contribution in [3.63, 3.8) is 0 Å². The number of carbonyl (C=O) groups is 1. The molecule has 0 radical (unpaired) electrons. The van der Waals surface area contributed by atoms with Crippen LogP contribution in [0.5, 0.6) is 0 Å². The van der Waals surface area contributed by atoms with Crippen LogP contribution in [0.4, 0.5) is 0 Å². The summed E-state index contributed by atoms with van der Waals surface area (Å²) < 4.78 is 6.49. The van der Waals surface area contributed by atoms with E-state index < -0.39 is 11.4 Å². The molecule has 0 bridgehead atoms. The number of β-amino-alcohol motifs (C(OH)–C–C–N with tert-alkyl or cyclic N) is 1. The van der Waals surface area contributed by atoms with E-state index in [0.717, 1.165) is 13.1 Å². The van der Waals surface area contributed by atoms with Crippen molar-refractivity contribution in [2.75, 3.05) is 32.7 Å². The molecule has 0 unspecified atom stereocenters. The summed E-state index contributed by atoms with van der Waals surface area (Å²) in [6.07, 6.45) is 2.96. The van der Waals surface area contributed by atoms with Crippen molar-refractivity contribution >= 4 is 17.0 Å². The lowest BCUT2D eigenvalue weighted by atomic mass is 10.0. The van der Waals surface area contributed by atoms with Gasteiger partial charge in [-0.2, -0.15) is 0 Å². The van der Waals surface area contributed by atoms with Crippen LogP contribution in [0.25, 0.3) is 11.1 Å². The number of hydrogen-bond acceptors (Lipinski definition) is 5.